The molecule has 0 bridgehead atoms. The number of nitrogens with one attached hydrogen (secondary N) is 2. The predicted molar refractivity (Wildman–Crippen MR) is 94.4 cm³/mol. The van der Waals surface area contributed by atoms with Crippen molar-refractivity contribution in [3.63, 3.8) is 0 Å². The molecule has 2 aromatic carbocycles. The summed E-state index contributed by atoms with van der Waals surface area (Å²) in [4.78, 5) is 15.3. The number of para-hydroxylation sites is 1. The average molecular weight is 306 g/mol. The summed E-state index contributed by atoms with van der Waals surface area (Å²) in [6, 6.07) is 14.5. The zero-order valence-electron chi connectivity index (χ0n) is 13.6. The Labute approximate surface area is 136 Å². The zero-order valence-corrected chi connectivity index (χ0v) is 13.6. The second-order valence-electron chi connectivity index (χ2n) is 6.05. The second kappa shape index (κ2) is 6.69. The van der Waals surface area contributed by atoms with Crippen LogP contribution in [0.2, 0.25) is 0 Å². The van der Waals surface area contributed by atoms with E-state index in [4.69, 9.17) is 0 Å². The number of H-pyrrole nitrogens is 1. The van der Waals surface area contributed by atoms with Crippen molar-refractivity contribution in [1.29, 1.82) is 0 Å². The van der Waals surface area contributed by atoms with Gasteiger partial charge in [-0.05, 0) is 48.6 Å². The molecule has 3 heteroatoms. The summed E-state index contributed by atoms with van der Waals surface area (Å²) in [7, 11) is 0. The highest BCUT2D eigenvalue weighted by Crippen LogP contribution is 2.19. The fraction of sp³-hybridized carbons (Fsp3) is 0.250. The number of carbonyl (C=O) groups excluding carboxylic acids is 1. The highest BCUT2D eigenvalue weighted by molar-refractivity contribution is 5.84. The van der Waals surface area contributed by atoms with Crippen LogP contribution in [0, 0.1) is 13.8 Å². The molecule has 1 amide bonds. The van der Waals surface area contributed by atoms with Gasteiger partial charge in [0.25, 0.3) is 0 Å². The number of amides is 1. The van der Waals surface area contributed by atoms with Crippen LogP contribution in [0.25, 0.3) is 10.9 Å². The molecule has 1 aromatic heterocycles. The van der Waals surface area contributed by atoms with Crippen molar-refractivity contribution in [2.45, 2.75) is 33.2 Å². The van der Waals surface area contributed by atoms with Gasteiger partial charge in [-0.15, -0.1) is 0 Å². The smallest absolute Gasteiger partial charge is 0.220 e. The molecule has 0 aliphatic rings. The molecule has 0 fully saturated rings. The van der Waals surface area contributed by atoms with E-state index in [-0.39, 0.29) is 5.91 Å². The Morgan fingerprint density at radius 2 is 1.91 bits per heavy atom. The molecule has 0 saturated carbocycles. The van der Waals surface area contributed by atoms with Crippen molar-refractivity contribution in [3.05, 3.63) is 70.9 Å². The molecule has 1 heterocycles. The summed E-state index contributed by atoms with van der Waals surface area (Å²) in [5, 5.41) is 4.21. The van der Waals surface area contributed by atoms with Crippen molar-refractivity contribution in [3.8, 4) is 0 Å². The third-order valence-electron chi connectivity index (χ3n) is 4.36. The summed E-state index contributed by atoms with van der Waals surface area (Å²) in [6.07, 6.45) is 3.26. The van der Waals surface area contributed by atoms with Crippen LogP contribution in [0.3, 0.4) is 0 Å². The van der Waals surface area contributed by atoms with Crippen LogP contribution in [0.5, 0.6) is 0 Å². The normalized spacial score (nSPS) is 10.9. The maximum atomic E-state index is 12.1. The fourth-order valence-corrected chi connectivity index (χ4v) is 2.79. The third kappa shape index (κ3) is 3.62. The van der Waals surface area contributed by atoms with Gasteiger partial charge >= 0.3 is 0 Å². The van der Waals surface area contributed by atoms with Gasteiger partial charge in [0.15, 0.2) is 0 Å². The first-order chi connectivity index (χ1) is 11.1. The Balaban J connectivity index is 1.54. The number of aromatic amines is 1. The van der Waals surface area contributed by atoms with Gasteiger partial charge in [0.1, 0.15) is 0 Å². The Morgan fingerprint density at radius 1 is 1.09 bits per heavy atom. The lowest BCUT2D eigenvalue weighted by Crippen LogP contribution is -2.23. The van der Waals surface area contributed by atoms with Crippen LogP contribution in [-0.2, 0) is 17.8 Å². The molecule has 3 rings (SSSR count). The average Bonchev–Trinajstić information content (AvgIpc) is 2.97. The molecule has 3 nitrogen and oxygen atoms in total. The van der Waals surface area contributed by atoms with Gasteiger partial charge in [-0.3, -0.25) is 4.79 Å². The SMILES string of the molecule is Cc1ccc(CNC(=O)CCc2c[nH]c3ccccc23)cc1C. The molecule has 0 aliphatic carbocycles. The van der Waals surface area contributed by atoms with Crippen LogP contribution < -0.4 is 5.32 Å². The first-order valence-electron chi connectivity index (χ1n) is 8.01. The molecule has 0 aliphatic heterocycles. The number of benzene rings is 2. The van der Waals surface area contributed by atoms with E-state index in [0.717, 1.165) is 17.5 Å². The molecule has 0 atom stereocenters. The molecule has 0 unspecified atom stereocenters. The lowest BCUT2D eigenvalue weighted by Gasteiger charge is -2.07. The second-order valence-corrected chi connectivity index (χ2v) is 6.05. The number of rotatable bonds is 5. The van der Waals surface area contributed by atoms with E-state index in [1.165, 1.54) is 22.1 Å². The maximum absolute atomic E-state index is 12.1. The van der Waals surface area contributed by atoms with E-state index in [0.29, 0.717) is 13.0 Å². The maximum Gasteiger partial charge on any atom is 0.220 e. The minimum absolute atomic E-state index is 0.0912. The zero-order chi connectivity index (χ0) is 16.2. The molecule has 118 valence electrons. The van der Waals surface area contributed by atoms with Gasteiger partial charge in [-0.2, -0.15) is 0 Å². The topological polar surface area (TPSA) is 44.9 Å². The summed E-state index contributed by atoms with van der Waals surface area (Å²) in [5.41, 5.74) is 6.00. The molecule has 23 heavy (non-hydrogen) atoms. The molecular formula is C20H22N2O. The Hall–Kier alpha value is -2.55. The lowest BCUT2D eigenvalue weighted by molar-refractivity contribution is -0.121. The number of hydrogen-bond donors (Lipinski definition) is 2. The number of aryl methyl sites for hydroxylation is 3. The van der Waals surface area contributed by atoms with Gasteiger partial charge in [-0.25, -0.2) is 0 Å². The highest BCUT2D eigenvalue weighted by Gasteiger charge is 2.07. The van der Waals surface area contributed by atoms with Crippen molar-refractivity contribution >= 4 is 16.8 Å². The van der Waals surface area contributed by atoms with E-state index >= 15 is 0 Å². The number of hydrogen-bond acceptors (Lipinski definition) is 1. The summed E-state index contributed by atoms with van der Waals surface area (Å²) >= 11 is 0. The van der Waals surface area contributed by atoms with Gasteiger partial charge in [0.2, 0.25) is 5.91 Å². The van der Waals surface area contributed by atoms with E-state index in [2.05, 4.69) is 54.5 Å². The summed E-state index contributed by atoms with van der Waals surface area (Å²) in [6.45, 7) is 4.78. The number of fused-ring (bicyclic) bond motifs is 1. The van der Waals surface area contributed by atoms with E-state index in [1.807, 2.05) is 18.3 Å². The van der Waals surface area contributed by atoms with Crippen LogP contribution in [0.15, 0.2) is 48.7 Å². The number of carbonyl (C=O) groups is 1. The number of aromatic nitrogens is 1. The largest absolute Gasteiger partial charge is 0.361 e. The van der Waals surface area contributed by atoms with E-state index in [9.17, 15) is 4.79 Å². The third-order valence-corrected chi connectivity index (χ3v) is 4.36. The standard InChI is InChI=1S/C20H22N2O/c1-14-7-8-16(11-15(14)2)12-22-20(23)10-9-17-13-21-19-6-4-3-5-18(17)19/h3-8,11,13,21H,9-10,12H2,1-2H3,(H,22,23). The summed E-state index contributed by atoms with van der Waals surface area (Å²) < 4.78 is 0. The van der Waals surface area contributed by atoms with E-state index in [1.54, 1.807) is 0 Å². The highest BCUT2D eigenvalue weighted by atomic mass is 16.1. The van der Waals surface area contributed by atoms with Crippen LogP contribution in [-0.4, -0.2) is 10.9 Å². The minimum Gasteiger partial charge on any atom is -0.361 e. The molecule has 0 saturated heterocycles. The quantitative estimate of drug-likeness (QED) is 0.734. The van der Waals surface area contributed by atoms with E-state index < -0.39 is 0 Å². The molecule has 3 aromatic rings. The van der Waals surface area contributed by atoms with Crippen LogP contribution in [0.1, 0.15) is 28.7 Å². The predicted octanol–water partition coefficient (Wildman–Crippen LogP) is 4.03. The van der Waals surface area contributed by atoms with Crippen LogP contribution in [0.4, 0.5) is 0 Å². The van der Waals surface area contributed by atoms with Gasteiger partial charge < -0.3 is 10.3 Å². The molecule has 0 radical (unpaired) electrons. The van der Waals surface area contributed by atoms with Crippen LogP contribution >= 0.6 is 0 Å². The van der Waals surface area contributed by atoms with Gasteiger partial charge in [0, 0.05) is 30.1 Å². The van der Waals surface area contributed by atoms with Crippen molar-refractivity contribution in [1.82, 2.24) is 10.3 Å². The lowest BCUT2D eigenvalue weighted by atomic mass is 10.1. The van der Waals surface area contributed by atoms with Crippen molar-refractivity contribution < 1.29 is 4.79 Å². The first kappa shape index (κ1) is 15.3. The van der Waals surface area contributed by atoms with Crippen molar-refractivity contribution in [2.75, 3.05) is 0 Å². The summed E-state index contributed by atoms with van der Waals surface area (Å²) in [5.74, 6) is 0.0912. The first-order valence-corrected chi connectivity index (χ1v) is 8.01. The van der Waals surface area contributed by atoms with Crippen molar-refractivity contribution in [2.24, 2.45) is 0 Å². The Kier molecular flexibility index (Phi) is 4.47. The fourth-order valence-electron chi connectivity index (χ4n) is 2.79. The van der Waals surface area contributed by atoms with Gasteiger partial charge in [-0.1, -0.05) is 36.4 Å². The van der Waals surface area contributed by atoms with Gasteiger partial charge in [0.05, 0.1) is 0 Å². The Morgan fingerprint density at radius 3 is 2.74 bits per heavy atom. The molecule has 0 spiro atoms. The Bertz CT molecular complexity index is 833. The molecular weight excluding hydrogens is 284 g/mol. The monoisotopic (exact) mass is 306 g/mol. The minimum atomic E-state index is 0.0912. The molecule has 2 N–H and O–H groups in total.